The van der Waals surface area contributed by atoms with Gasteiger partial charge in [-0.1, -0.05) is 13.8 Å². The summed E-state index contributed by atoms with van der Waals surface area (Å²) >= 11 is 0. The molecule has 1 atom stereocenters. The van der Waals surface area contributed by atoms with Crippen molar-refractivity contribution < 1.29 is 27.5 Å². The molecule has 0 fully saturated rings. The quantitative estimate of drug-likeness (QED) is 0.564. The number of primary amides is 1. The van der Waals surface area contributed by atoms with Crippen LogP contribution in [-0.2, 0) is 19.6 Å². The van der Waals surface area contributed by atoms with Crippen LogP contribution >= 0.6 is 0 Å². The monoisotopic (exact) mass is 447 g/mol. The maximum atomic E-state index is 12.5. The third kappa shape index (κ3) is 5.89. The van der Waals surface area contributed by atoms with E-state index in [-0.39, 0.29) is 10.5 Å². The second kappa shape index (κ2) is 10.2. The molecule has 2 rings (SSSR count). The lowest BCUT2D eigenvalue weighted by atomic mass is 10.2. The van der Waals surface area contributed by atoms with E-state index >= 15 is 0 Å². The fourth-order valence-electron chi connectivity index (χ4n) is 2.72. The van der Waals surface area contributed by atoms with Crippen molar-refractivity contribution in [1.29, 1.82) is 0 Å². The van der Waals surface area contributed by atoms with E-state index in [0.29, 0.717) is 24.3 Å². The first kappa shape index (κ1) is 24.0. The normalized spacial score (nSPS) is 12.3. The molecule has 2 aromatic rings. The first-order valence-electron chi connectivity index (χ1n) is 9.62. The van der Waals surface area contributed by atoms with Gasteiger partial charge in [-0.15, -0.1) is 0 Å². The number of nitrogens with two attached hydrogens (primary N) is 1. The summed E-state index contributed by atoms with van der Waals surface area (Å²) in [6, 6.07) is 11.3. The van der Waals surface area contributed by atoms with Crippen molar-refractivity contribution in [2.24, 2.45) is 5.73 Å². The van der Waals surface area contributed by atoms with E-state index < -0.39 is 33.9 Å². The van der Waals surface area contributed by atoms with Crippen LogP contribution < -0.4 is 11.1 Å². The van der Waals surface area contributed by atoms with Gasteiger partial charge >= 0.3 is 5.97 Å². The van der Waals surface area contributed by atoms with Crippen molar-refractivity contribution in [3.63, 3.8) is 0 Å². The van der Waals surface area contributed by atoms with Gasteiger partial charge in [-0.25, -0.2) is 13.2 Å². The lowest BCUT2D eigenvalue weighted by Crippen LogP contribution is -2.31. The van der Waals surface area contributed by atoms with Crippen LogP contribution in [0.3, 0.4) is 0 Å². The van der Waals surface area contributed by atoms with Crippen LogP contribution in [0.25, 0.3) is 0 Å². The van der Waals surface area contributed by atoms with Gasteiger partial charge in [0.2, 0.25) is 15.9 Å². The third-order valence-electron chi connectivity index (χ3n) is 4.52. The SMILES string of the molecule is CCN(CC)S(=O)(=O)c1ccc(C(=O)O[C@@H](C)C(=O)Nc2ccc(C(N)=O)cc2)cc1. The van der Waals surface area contributed by atoms with Crippen molar-refractivity contribution in [2.75, 3.05) is 18.4 Å². The average Bonchev–Trinajstić information content (AvgIpc) is 2.74. The largest absolute Gasteiger partial charge is 0.449 e. The number of hydrogen-bond donors (Lipinski definition) is 2. The molecule has 166 valence electrons. The summed E-state index contributed by atoms with van der Waals surface area (Å²) in [6.45, 7) is 5.56. The van der Waals surface area contributed by atoms with E-state index in [4.69, 9.17) is 10.5 Å². The van der Waals surface area contributed by atoms with Gasteiger partial charge in [0, 0.05) is 24.3 Å². The highest BCUT2D eigenvalue weighted by atomic mass is 32.2. The van der Waals surface area contributed by atoms with Gasteiger partial charge < -0.3 is 15.8 Å². The van der Waals surface area contributed by atoms with Gasteiger partial charge in [0.05, 0.1) is 10.5 Å². The molecule has 0 aromatic heterocycles. The number of anilines is 1. The standard InChI is InChI=1S/C21H25N3O6S/c1-4-24(5-2)31(28,29)18-12-8-16(9-13-18)21(27)30-14(3)20(26)23-17-10-6-15(7-11-17)19(22)25/h6-14H,4-5H2,1-3H3,(H2,22,25)(H,23,26)/t14-/m0/s1. The number of benzene rings is 2. The van der Waals surface area contributed by atoms with Crippen LogP contribution in [0.4, 0.5) is 5.69 Å². The van der Waals surface area contributed by atoms with E-state index in [1.54, 1.807) is 13.8 Å². The lowest BCUT2D eigenvalue weighted by molar-refractivity contribution is -0.123. The van der Waals surface area contributed by atoms with Crippen LogP contribution in [-0.4, -0.2) is 49.7 Å². The summed E-state index contributed by atoms with van der Waals surface area (Å²) in [4.78, 5) is 35.7. The molecule has 0 unspecified atom stereocenters. The molecule has 0 bridgehead atoms. The second-order valence-electron chi connectivity index (χ2n) is 6.59. The Hall–Kier alpha value is -3.24. The minimum atomic E-state index is -3.64. The van der Waals surface area contributed by atoms with Gasteiger partial charge in [0.25, 0.3) is 5.91 Å². The van der Waals surface area contributed by atoms with Crippen LogP contribution in [0, 0.1) is 0 Å². The van der Waals surface area contributed by atoms with Crippen molar-refractivity contribution in [3.05, 3.63) is 59.7 Å². The van der Waals surface area contributed by atoms with Crippen molar-refractivity contribution in [2.45, 2.75) is 31.8 Å². The Balaban J connectivity index is 2.02. The molecule has 3 N–H and O–H groups in total. The van der Waals surface area contributed by atoms with E-state index in [9.17, 15) is 22.8 Å². The summed E-state index contributed by atoms with van der Waals surface area (Å²) in [5.74, 6) is -1.92. The summed E-state index contributed by atoms with van der Waals surface area (Å²) in [7, 11) is -3.64. The topological polar surface area (TPSA) is 136 Å². The Labute approximate surface area is 181 Å². The predicted molar refractivity (Wildman–Crippen MR) is 115 cm³/mol. The number of carbonyl (C=O) groups is 3. The summed E-state index contributed by atoms with van der Waals surface area (Å²) < 4.78 is 31.5. The third-order valence-corrected chi connectivity index (χ3v) is 6.59. The van der Waals surface area contributed by atoms with Crippen molar-refractivity contribution >= 4 is 33.5 Å². The number of esters is 1. The number of carbonyl (C=O) groups excluding carboxylic acids is 3. The molecule has 31 heavy (non-hydrogen) atoms. The molecule has 0 saturated heterocycles. The Kier molecular flexibility index (Phi) is 7.89. The predicted octanol–water partition coefficient (Wildman–Crippen LogP) is 2.00. The van der Waals surface area contributed by atoms with Crippen LogP contribution in [0.15, 0.2) is 53.4 Å². The molecular weight excluding hydrogens is 422 g/mol. The second-order valence-corrected chi connectivity index (χ2v) is 8.53. The van der Waals surface area contributed by atoms with Gasteiger partial charge in [0.15, 0.2) is 6.10 Å². The first-order chi connectivity index (χ1) is 14.6. The molecule has 0 saturated carbocycles. The molecule has 10 heteroatoms. The number of nitrogens with one attached hydrogen (secondary N) is 1. The zero-order valence-electron chi connectivity index (χ0n) is 17.5. The molecular formula is C21H25N3O6S. The summed E-state index contributed by atoms with van der Waals surface area (Å²) in [6.07, 6.45) is -1.11. The number of amides is 2. The van der Waals surface area contributed by atoms with E-state index in [1.165, 1.54) is 59.8 Å². The highest BCUT2D eigenvalue weighted by Gasteiger charge is 2.23. The highest BCUT2D eigenvalue weighted by Crippen LogP contribution is 2.17. The molecule has 2 aromatic carbocycles. The Morgan fingerprint density at radius 2 is 1.48 bits per heavy atom. The molecule has 0 radical (unpaired) electrons. The first-order valence-corrected chi connectivity index (χ1v) is 11.1. The molecule has 0 aliphatic carbocycles. The number of sulfonamides is 1. The zero-order chi connectivity index (χ0) is 23.2. The number of rotatable bonds is 9. The minimum absolute atomic E-state index is 0.0675. The number of ether oxygens (including phenoxy) is 1. The van der Waals surface area contributed by atoms with Gasteiger partial charge in [-0.3, -0.25) is 9.59 Å². The maximum absolute atomic E-state index is 12.5. The van der Waals surface area contributed by atoms with Crippen molar-refractivity contribution in [1.82, 2.24) is 4.31 Å². The lowest BCUT2D eigenvalue weighted by Gasteiger charge is -2.18. The maximum Gasteiger partial charge on any atom is 0.338 e. The van der Waals surface area contributed by atoms with Crippen LogP contribution in [0.2, 0.25) is 0 Å². The molecule has 0 spiro atoms. The Morgan fingerprint density at radius 3 is 1.97 bits per heavy atom. The van der Waals surface area contributed by atoms with Gasteiger partial charge in [-0.2, -0.15) is 4.31 Å². The molecule has 0 aliphatic rings. The van der Waals surface area contributed by atoms with Gasteiger partial charge in [0.1, 0.15) is 0 Å². The fourth-order valence-corrected chi connectivity index (χ4v) is 4.18. The Morgan fingerprint density at radius 1 is 0.968 bits per heavy atom. The van der Waals surface area contributed by atoms with E-state index in [1.807, 2.05) is 0 Å². The van der Waals surface area contributed by atoms with Crippen molar-refractivity contribution in [3.8, 4) is 0 Å². The fraction of sp³-hybridized carbons (Fsp3) is 0.286. The average molecular weight is 448 g/mol. The summed E-state index contributed by atoms with van der Waals surface area (Å²) in [5.41, 5.74) is 5.98. The summed E-state index contributed by atoms with van der Waals surface area (Å²) in [5, 5.41) is 2.57. The zero-order valence-corrected chi connectivity index (χ0v) is 18.3. The molecule has 0 heterocycles. The van der Waals surface area contributed by atoms with Crippen LogP contribution in [0.5, 0.6) is 0 Å². The molecule has 2 amide bonds. The van der Waals surface area contributed by atoms with Crippen LogP contribution in [0.1, 0.15) is 41.5 Å². The van der Waals surface area contributed by atoms with E-state index in [0.717, 1.165) is 0 Å². The smallest absolute Gasteiger partial charge is 0.338 e. The Bertz CT molecular complexity index is 1050. The van der Waals surface area contributed by atoms with Gasteiger partial charge in [-0.05, 0) is 55.5 Å². The number of hydrogen-bond acceptors (Lipinski definition) is 6. The number of nitrogens with zero attached hydrogens (tertiary/aromatic N) is 1. The highest BCUT2D eigenvalue weighted by molar-refractivity contribution is 7.89. The minimum Gasteiger partial charge on any atom is -0.449 e. The molecule has 9 nitrogen and oxygen atoms in total. The van der Waals surface area contributed by atoms with E-state index in [2.05, 4.69) is 5.32 Å². The molecule has 0 aliphatic heterocycles.